The van der Waals surface area contributed by atoms with Crippen molar-refractivity contribution in [2.24, 2.45) is 0 Å². The lowest BCUT2D eigenvalue weighted by Crippen LogP contribution is -1.88. The van der Waals surface area contributed by atoms with Gasteiger partial charge in [0.2, 0.25) is 0 Å². The van der Waals surface area contributed by atoms with Crippen molar-refractivity contribution in [3.8, 4) is 23.2 Å². The largest absolute Gasteiger partial charge is 0.461 e. The number of aromatic amines is 2. The maximum Gasteiger partial charge on any atom is 0.174 e. The number of hydrogen-bond donors (Lipinski definition) is 2. The van der Waals surface area contributed by atoms with Crippen LogP contribution in [0, 0.1) is 0 Å². The molecule has 6 aromatic rings. The first-order valence-corrected chi connectivity index (χ1v) is 9.37. The van der Waals surface area contributed by atoms with Crippen molar-refractivity contribution < 1.29 is 8.83 Å². The normalized spacial score (nSPS) is 11.6. The molecule has 0 saturated heterocycles. The average Bonchev–Trinajstić information content (AvgIpc) is 3.53. The predicted molar refractivity (Wildman–Crippen MR) is 110 cm³/mol. The minimum absolute atomic E-state index is 0.736. The minimum Gasteiger partial charge on any atom is -0.461 e. The highest BCUT2D eigenvalue weighted by Gasteiger charge is 2.10. The predicted octanol–water partition coefficient (Wildman–Crippen LogP) is 5.55. The molecule has 0 aliphatic carbocycles. The molecular weight excluding hydrogens is 364 g/mol. The Bertz CT molecular complexity index is 1310. The zero-order valence-corrected chi connectivity index (χ0v) is 15.3. The first-order valence-electron chi connectivity index (χ1n) is 9.37. The Morgan fingerprint density at radius 2 is 1.17 bits per heavy atom. The summed E-state index contributed by atoms with van der Waals surface area (Å²) >= 11 is 0. The molecule has 2 aromatic carbocycles. The zero-order chi connectivity index (χ0) is 19.2. The summed E-state index contributed by atoms with van der Waals surface area (Å²) in [6, 6.07) is 20.1. The van der Waals surface area contributed by atoms with E-state index in [1.165, 1.54) is 11.1 Å². The Kier molecular flexibility index (Phi) is 3.43. The van der Waals surface area contributed by atoms with Crippen molar-refractivity contribution in [2.45, 2.75) is 6.42 Å². The quantitative estimate of drug-likeness (QED) is 0.420. The molecule has 6 rings (SSSR count). The van der Waals surface area contributed by atoms with Crippen LogP contribution in [0.2, 0.25) is 0 Å². The summed E-state index contributed by atoms with van der Waals surface area (Å²) in [6.07, 6.45) is 4.11. The van der Waals surface area contributed by atoms with Crippen molar-refractivity contribution in [1.82, 2.24) is 19.9 Å². The topological polar surface area (TPSA) is 83.6 Å². The summed E-state index contributed by atoms with van der Waals surface area (Å²) in [6.45, 7) is 0. The van der Waals surface area contributed by atoms with Gasteiger partial charge in [-0.1, -0.05) is 12.1 Å². The number of hydrogen-bond acceptors (Lipinski definition) is 4. The van der Waals surface area contributed by atoms with Gasteiger partial charge in [-0.15, -0.1) is 0 Å². The van der Waals surface area contributed by atoms with Crippen LogP contribution in [0.15, 0.2) is 82.0 Å². The molecule has 0 bridgehead atoms. The maximum absolute atomic E-state index is 5.43. The SMILES string of the molecule is c1coc(-c2nc3ccc(Cc4ccc5nc(-c6ccco6)[nH]c5c4)cc3[nH]2)c1. The van der Waals surface area contributed by atoms with Crippen LogP contribution in [0.1, 0.15) is 11.1 Å². The van der Waals surface area contributed by atoms with Crippen molar-refractivity contribution in [3.63, 3.8) is 0 Å². The molecule has 0 radical (unpaired) electrons. The van der Waals surface area contributed by atoms with E-state index in [2.05, 4.69) is 44.2 Å². The smallest absolute Gasteiger partial charge is 0.174 e. The van der Waals surface area contributed by atoms with Crippen molar-refractivity contribution in [1.29, 1.82) is 0 Å². The lowest BCUT2D eigenvalue weighted by Gasteiger charge is -2.02. The van der Waals surface area contributed by atoms with Gasteiger partial charge in [0.25, 0.3) is 0 Å². The molecule has 0 atom stereocenters. The second-order valence-electron chi connectivity index (χ2n) is 7.01. The van der Waals surface area contributed by atoms with Gasteiger partial charge in [-0.2, -0.15) is 0 Å². The highest BCUT2D eigenvalue weighted by atomic mass is 16.3. The van der Waals surface area contributed by atoms with Gasteiger partial charge in [-0.25, -0.2) is 9.97 Å². The van der Waals surface area contributed by atoms with Crippen LogP contribution in [0.5, 0.6) is 0 Å². The summed E-state index contributed by atoms with van der Waals surface area (Å²) in [5, 5.41) is 0. The first-order chi connectivity index (χ1) is 14.3. The van der Waals surface area contributed by atoms with Crippen LogP contribution in [-0.2, 0) is 6.42 Å². The van der Waals surface area contributed by atoms with E-state index in [9.17, 15) is 0 Å². The zero-order valence-electron chi connectivity index (χ0n) is 15.3. The van der Waals surface area contributed by atoms with Crippen LogP contribution in [-0.4, -0.2) is 19.9 Å². The molecule has 4 aromatic heterocycles. The lowest BCUT2D eigenvalue weighted by molar-refractivity contribution is 0.578. The Hall–Kier alpha value is -4.06. The molecule has 29 heavy (non-hydrogen) atoms. The van der Waals surface area contributed by atoms with E-state index in [1.807, 2.05) is 36.4 Å². The number of H-pyrrole nitrogens is 2. The van der Waals surface area contributed by atoms with Gasteiger partial charge in [-0.3, -0.25) is 0 Å². The molecule has 0 spiro atoms. The lowest BCUT2D eigenvalue weighted by atomic mass is 10.0. The molecule has 0 saturated carbocycles. The number of benzene rings is 2. The Morgan fingerprint density at radius 1 is 0.655 bits per heavy atom. The highest BCUT2D eigenvalue weighted by Crippen LogP contribution is 2.25. The van der Waals surface area contributed by atoms with Gasteiger partial charge >= 0.3 is 0 Å². The van der Waals surface area contributed by atoms with Crippen molar-refractivity contribution in [2.75, 3.05) is 0 Å². The highest BCUT2D eigenvalue weighted by molar-refractivity contribution is 5.80. The molecule has 0 aliphatic rings. The van der Waals surface area contributed by atoms with E-state index in [1.54, 1.807) is 12.5 Å². The molecule has 4 heterocycles. The van der Waals surface area contributed by atoms with E-state index >= 15 is 0 Å². The minimum atomic E-state index is 0.736. The van der Waals surface area contributed by atoms with Crippen LogP contribution in [0.4, 0.5) is 0 Å². The third-order valence-corrected chi connectivity index (χ3v) is 5.01. The Morgan fingerprint density at radius 3 is 1.62 bits per heavy atom. The number of fused-ring (bicyclic) bond motifs is 2. The number of aromatic nitrogens is 4. The van der Waals surface area contributed by atoms with Crippen LogP contribution >= 0.6 is 0 Å². The van der Waals surface area contributed by atoms with Crippen LogP contribution in [0.3, 0.4) is 0 Å². The van der Waals surface area contributed by atoms with Gasteiger partial charge in [0.05, 0.1) is 34.6 Å². The third-order valence-electron chi connectivity index (χ3n) is 5.01. The summed E-state index contributed by atoms with van der Waals surface area (Å²) in [4.78, 5) is 15.9. The third kappa shape index (κ3) is 2.82. The maximum atomic E-state index is 5.43. The fourth-order valence-electron chi connectivity index (χ4n) is 3.63. The van der Waals surface area contributed by atoms with Crippen LogP contribution < -0.4 is 0 Å². The molecule has 6 nitrogen and oxygen atoms in total. The van der Waals surface area contributed by atoms with Gasteiger partial charge in [0.1, 0.15) is 0 Å². The molecule has 2 N–H and O–H groups in total. The number of nitrogens with one attached hydrogen (secondary N) is 2. The molecular formula is C23H16N4O2. The molecule has 0 aliphatic heterocycles. The Balaban J connectivity index is 1.31. The van der Waals surface area contributed by atoms with Crippen LogP contribution in [0.25, 0.3) is 45.2 Å². The molecule has 0 amide bonds. The second-order valence-corrected chi connectivity index (χ2v) is 7.01. The fraction of sp³-hybridized carbons (Fsp3) is 0.0435. The van der Waals surface area contributed by atoms with E-state index in [4.69, 9.17) is 8.83 Å². The molecule has 0 fully saturated rings. The molecule has 6 heteroatoms. The van der Waals surface area contributed by atoms with E-state index < -0.39 is 0 Å². The van der Waals surface area contributed by atoms with Crippen molar-refractivity contribution >= 4 is 22.1 Å². The van der Waals surface area contributed by atoms with E-state index in [-0.39, 0.29) is 0 Å². The van der Waals surface area contributed by atoms with Gasteiger partial charge in [0.15, 0.2) is 23.2 Å². The van der Waals surface area contributed by atoms with Gasteiger partial charge in [0, 0.05) is 0 Å². The summed E-state index contributed by atoms with van der Waals surface area (Å²) in [5.74, 6) is 2.96. The summed E-state index contributed by atoms with van der Waals surface area (Å²) in [7, 11) is 0. The summed E-state index contributed by atoms with van der Waals surface area (Å²) in [5.41, 5.74) is 6.25. The second kappa shape index (κ2) is 6.24. The Labute approximate surface area is 165 Å². The molecule has 140 valence electrons. The number of furan rings is 2. The van der Waals surface area contributed by atoms with Gasteiger partial charge < -0.3 is 18.8 Å². The van der Waals surface area contributed by atoms with E-state index in [0.717, 1.165) is 51.7 Å². The average molecular weight is 380 g/mol. The summed E-state index contributed by atoms with van der Waals surface area (Å²) < 4.78 is 10.9. The van der Waals surface area contributed by atoms with Gasteiger partial charge in [-0.05, 0) is 66.1 Å². The fourth-order valence-corrected chi connectivity index (χ4v) is 3.63. The van der Waals surface area contributed by atoms with Crippen molar-refractivity contribution in [3.05, 3.63) is 84.3 Å². The standard InChI is InChI=1S/C23H16N4O2/c1-3-20(28-9-1)22-24-16-7-5-14(12-18(16)26-22)11-15-6-8-17-19(13-15)27-23(25-17)21-4-2-10-29-21/h1-10,12-13H,11H2,(H,24,26)(H,25,27). The first kappa shape index (κ1) is 15.9. The number of rotatable bonds is 4. The molecule has 0 unspecified atom stereocenters. The number of nitrogens with zero attached hydrogens (tertiary/aromatic N) is 2. The van der Waals surface area contributed by atoms with E-state index in [0.29, 0.717) is 0 Å². The monoisotopic (exact) mass is 380 g/mol. The number of imidazole rings is 2.